The fourth-order valence-corrected chi connectivity index (χ4v) is 3.90. The first-order valence-electron chi connectivity index (χ1n) is 8.12. The zero-order chi connectivity index (χ0) is 16.4. The Hall–Kier alpha value is -1.59. The van der Waals surface area contributed by atoms with Crippen molar-refractivity contribution in [2.45, 2.75) is 51.1 Å². The van der Waals surface area contributed by atoms with Crippen LogP contribution in [0.15, 0.2) is 18.2 Å². The highest BCUT2D eigenvalue weighted by molar-refractivity contribution is 6.31. The topological polar surface area (TPSA) is 70.2 Å². The van der Waals surface area contributed by atoms with Crippen molar-refractivity contribution in [2.75, 3.05) is 10.6 Å². The van der Waals surface area contributed by atoms with Gasteiger partial charge >= 0.3 is 0 Å². The van der Waals surface area contributed by atoms with Gasteiger partial charge in [-0.3, -0.25) is 9.59 Å². The summed E-state index contributed by atoms with van der Waals surface area (Å²) in [5, 5.41) is 9.71. The third kappa shape index (κ3) is 4.24. The average Bonchev–Trinajstić information content (AvgIpc) is 2.80. The summed E-state index contributed by atoms with van der Waals surface area (Å²) in [6, 6.07) is 6.20. The van der Waals surface area contributed by atoms with E-state index in [-0.39, 0.29) is 11.8 Å². The molecule has 2 unspecified atom stereocenters. The highest BCUT2D eigenvalue weighted by Gasteiger charge is 2.34. The fourth-order valence-electron chi connectivity index (χ4n) is 3.72. The van der Waals surface area contributed by atoms with Crippen molar-refractivity contribution in [1.82, 2.24) is 5.32 Å². The fraction of sp³-hybridized carbons (Fsp3) is 0.529. The van der Waals surface area contributed by atoms with Crippen LogP contribution in [0, 0.1) is 5.92 Å². The van der Waals surface area contributed by atoms with Gasteiger partial charge in [-0.05, 0) is 49.8 Å². The first-order chi connectivity index (χ1) is 11.0. The van der Waals surface area contributed by atoms with Crippen molar-refractivity contribution in [3.63, 3.8) is 0 Å². The zero-order valence-electron chi connectivity index (χ0n) is 13.2. The van der Waals surface area contributed by atoms with Crippen molar-refractivity contribution >= 4 is 34.8 Å². The minimum absolute atomic E-state index is 0.0230. The molecule has 2 aliphatic rings. The van der Waals surface area contributed by atoms with Gasteiger partial charge in [-0.2, -0.15) is 0 Å². The zero-order valence-corrected chi connectivity index (χ0v) is 14.0. The Morgan fingerprint density at radius 1 is 1.17 bits per heavy atom. The van der Waals surface area contributed by atoms with Gasteiger partial charge in [0.2, 0.25) is 11.8 Å². The van der Waals surface area contributed by atoms with Crippen LogP contribution in [0.25, 0.3) is 0 Å². The van der Waals surface area contributed by atoms with Crippen molar-refractivity contribution in [3.05, 3.63) is 23.2 Å². The molecule has 23 heavy (non-hydrogen) atoms. The molecule has 6 heteroatoms. The van der Waals surface area contributed by atoms with E-state index in [1.807, 2.05) is 0 Å². The maximum atomic E-state index is 12.4. The van der Waals surface area contributed by atoms with Crippen LogP contribution < -0.4 is 16.0 Å². The number of carbonyl (C=O) groups excluding carboxylic acids is 2. The number of hydrogen-bond acceptors (Lipinski definition) is 3. The van der Waals surface area contributed by atoms with E-state index in [0.717, 1.165) is 12.8 Å². The van der Waals surface area contributed by atoms with Gasteiger partial charge in [-0.25, -0.2) is 0 Å². The van der Waals surface area contributed by atoms with Gasteiger partial charge in [0.1, 0.15) is 0 Å². The lowest BCUT2D eigenvalue weighted by Gasteiger charge is -2.28. The van der Waals surface area contributed by atoms with Crippen LogP contribution in [0.2, 0.25) is 5.02 Å². The predicted molar refractivity (Wildman–Crippen MR) is 91.7 cm³/mol. The summed E-state index contributed by atoms with van der Waals surface area (Å²) in [7, 11) is 0. The monoisotopic (exact) mass is 335 g/mol. The van der Waals surface area contributed by atoms with Crippen LogP contribution in [0.1, 0.15) is 39.0 Å². The Labute approximate surface area is 141 Å². The molecule has 124 valence electrons. The van der Waals surface area contributed by atoms with E-state index < -0.39 is 0 Å². The molecule has 2 aliphatic heterocycles. The summed E-state index contributed by atoms with van der Waals surface area (Å²) in [5.74, 6) is 0.222. The summed E-state index contributed by atoms with van der Waals surface area (Å²) < 4.78 is 0. The second-order valence-corrected chi connectivity index (χ2v) is 7.04. The van der Waals surface area contributed by atoms with Crippen LogP contribution in [0.5, 0.6) is 0 Å². The average molecular weight is 336 g/mol. The lowest BCUT2D eigenvalue weighted by atomic mass is 9.89. The Bertz CT molecular complexity index is 608. The SMILES string of the molecule is CC(=O)Nc1ccc(Cl)cc1NC(=O)CC1CC2CCC(C1)N2. The van der Waals surface area contributed by atoms with Crippen molar-refractivity contribution in [3.8, 4) is 0 Å². The smallest absolute Gasteiger partial charge is 0.224 e. The summed E-state index contributed by atoms with van der Waals surface area (Å²) in [5.41, 5.74) is 1.12. The number of benzene rings is 1. The Morgan fingerprint density at radius 3 is 2.52 bits per heavy atom. The summed E-state index contributed by atoms with van der Waals surface area (Å²) >= 11 is 6.00. The number of fused-ring (bicyclic) bond motifs is 2. The van der Waals surface area contributed by atoms with Crippen LogP contribution >= 0.6 is 11.6 Å². The van der Waals surface area contributed by atoms with E-state index in [1.165, 1.54) is 19.8 Å². The number of rotatable bonds is 4. The molecular formula is C17H22ClN3O2. The van der Waals surface area contributed by atoms with Crippen LogP contribution in [0.3, 0.4) is 0 Å². The summed E-state index contributed by atoms with van der Waals surface area (Å²) in [6.07, 6.45) is 5.10. The summed E-state index contributed by atoms with van der Waals surface area (Å²) in [6.45, 7) is 1.44. The molecule has 2 fully saturated rings. The molecule has 2 amide bonds. The maximum Gasteiger partial charge on any atom is 0.224 e. The molecule has 3 rings (SSSR count). The molecule has 0 aliphatic carbocycles. The highest BCUT2D eigenvalue weighted by atomic mass is 35.5. The number of halogens is 1. The highest BCUT2D eigenvalue weighted by Crippen LogP contribution is 2.33. The minimum Gasteiger partial charge on any atom is -0.325 e. The van der Waals surface area contributed by atoms with E-state index in [2.05, 4.69) is 16.0 Å². The molecule has 2 saturated heterocycles. The quantitative estimate of drug-likeness (QED) is 0.791. The second-order valence-electron chi connectivity index (χ2n) is 6.60. The molecule has 0 spiro atoms. The van der Waals surface area contributed by atoms with E-state index in [4.69, 9.17) is 11.6 Å². The number of nitrogens with one attached hydrogen (secondary N) is 3. The van der Waals surface area contributed by atoms with Crippen LogP contribution in [-0.2, 0) is 9.59 Å². The first kappa shape index (κ1) is 16.3. The Kier molecular flexibility index (Phi) is 4.87. The molecular weight excluding hydrogens is 314 g/mol. The standard InChI is InChI=1S/C17H22ClN3O2/c1-10(22)19-15-5-2-12(18)9-16(15)21-17(23)8-11-6-13-3-4-14(7-11)20-13/h2,5,9,11,13-14,20H,3-4,6-8H2,1H3,(H,19,22)(H,21,23). The molecule has 1 aromatic carbocycles. The van der Waals surface area contributed by atoms with Gasteiger partial charge in [0, 0.05) is 30.5 Å². The van der Waals surface area contributed by atoms with Gasteiger partial charge in [0.05, 0.1) is 11.4 Å². The van der Waals surface area contributed by atoms with Crippen LogP contribution in [0.4, 0.5) is 11.4 Å². The number of piperidine rings is 1. The van der Waals surface area contributed by atoms with Crippen molar-refractivity contribution < 1.29 is 9.59 Å². The van der Waals surface area contributed by atoms with Gasteiger partial charge in [0.15, 0.2) is 0 Å². The van der Waals surface area contributed by atoms with E-state index in [0.29, 0.717) is 40.8 Å². The van der Waals surface area contributed by atoms with E-state index in [1.54, 1.807) is 18.2 Å². The normalized spacial score (nSPS) is 25.9. The van der Waals surface area contributed by atoms with Gasteiger partial charge < -0.3 is 16.0 Å². The molecule has 0 radical (unpaired) electrons. The lowest BCUT2D eigenvalue weighted by molar-refractivity contribution is -0.117. The molecule has 5 nitrogen and oxygen atoms in total. The number of carbonyl (C=O) groups is 2. The van der Waals surface area contributed by atoms with Crippen LogP contribution in [-0.4, -0.2) is 23.9 Å². The third-order valence-corrected chi connectivity index (χ3v) is 4.85. The van der Waals surface area contributed by atoms with E-state index in [9.17, 15) is 9.59 Å². The molecule has 2 bridgehead atoms. The summed E-state index contributed by atoms with van der Waals surface area (Å²) in [4.78, 5) is 23.6. The lowest BCUT2D eigenvalue weighted by Crippen LogP contribution is -2.39. The van der Waals surface area contributed by atoms with Gasteiger partial charge in [0.25, 0.3) is 0 Å². The Morgan fingerprint density at radius 2 is 1.87 bits per heavy atom. The second kappa shape index (κ2) is 6.89. The predicted octanol–water partition coefficient (Wildman–Crippen LogP) is 3.16. The Balaban J connectivity index is 1.63. The van der Waals surface area contributed by atoms with Gasteiger partial charge in [-0.15, -0.1) is 0 Å². The first-order valence-corrected chi connectivity index (χ1v) is 8.50. The molecule has 2 heterocycles. The van der Waals surface area contributed by atoms with Gasteiger partial charge in [-0.1, -0.05) is 11.6 Å². The molecule has 3 N–H and O–H groups in total. The number of amides is 2. The number of hydrogen-bond donors (Lipinski definition) is 3. The number of anilines is 2. The van der Waals surface area contributed by atoms with Crippen molar-refractivity contribution in [1.29, 1.82) is 0 Å². The molecule has 1 aromatic rings. The molecule has 2 atom stereocenters. The van der Waals surface area contributed by atoms with E-state index >= 15 is 0 Å². The third-order valence-electron chi connectivity index (χ3n) is 4.61. The largest absolute Gasteiger partial charge is 0.325 e. The van der Waals surface area contributed by atoms with Crippen molar-refractivity contribution in [2.24, 2.45) is 5.92 Å². The maximum absolute atomic E-state index is 12.4. The molecule has 0 saturated carbocycles. The molecule has 0 aromatic heterocycles. The minimum atomic E-state index is -0.183.